The Kier molecular flexibility index (Phi) is 24.3. The van der Waals surface area contributed by atoms with Crippen molar-refractivity contribution in [3.63, 3.8) is 0 Å². The van der Waals surface area contributed by atoms with Crippen molar-refractivity contribution >= 4 is 53.3 Å². The van der Waals surface area contributed by atoms with E-state index in [-0.39, 0.29) is 43.5 Å². The Morgan fingerprint density at radius 1 is 0.942 bits per heavy atom. The van der Waals surface area contributed by atoms with E-state index < -0.39 is 55.7 Å². The van der Waals surface area contributed by atoms with Gasteiger partial charge in [-0.25, -0.2) is 9.55 Å². The van der Waals surface area contributed by atoms with Crippen molar-refractivity contribution in [1.29, 1.82) is 0 Å². The highest BCUT2D eigenvalue weighted by atomic mass is 79.9. The van der Waals surface area contributed by atoms with E-state index >= 15 is 0 Å². The number of hydrogen-bond donors (Lipinski definition) is 7. The van der Waals surface area contributed by atoms with Crippen LogP contribution in [0, 0.1) is 12.8 Å². The lowest BCUT2D eigenvalue weighted by Gasteiger charge is -2.25. The van der Waals surface area contributed by atoms with Gasteiger partial charge in [-0.05, 0) is 52.5 Å². The smallest absolute Gasteiger partial charge is 0.373 e. The Bertz CT molecular complexity index is 1390. The average Bonchev–Trinajstić information content (AvgIpc) is 3.57. The summed E-state index contributed by atoms with van der Waals surface area (Å²) in [6.07, 6.45) is 3.84. The molecule has 5 amide bonds. The van der Waals surface area contributed by atoms with Crippen LogP contribution in [0.25, 0.3) is 0 Å². The number of alkyl halides is 1. The van der Waals surface area contributed by atoms with Gasteiger partial charge in [0.25, 0.3) is 0 Å². The standard InChI is InChI=1S/C20H36BrN5O6.C9H13O4P.C4H6N2/c1-12(2)7-13(25-15(27)8-21)18(30)24-10-17(29)26-14(11-32-20(3,4)5)19(31)23-9-16(28)22-6;1-2-12-14(10,11)13-8-9-6-4-3-5-7-9;1-4-2-5-3-6-4/h12-14H,7-11H2,1-6H3,(H,22,28)(H,23,31)(H,24,30)(H,25,27)(H,26,29);3-7H,2,8H2,1H3,(H,10,11);2-3H,1H3,(H,5,6). The van der Waals surface area contributed by atoms with E-state index in [1.807, 2.05) is 51.1 Å². The summed E-state index contributed by atoms with van der Waals surface area (Å²) in [5.74, 6) is -2.32. The number of carbonyl (C=O) groups excluding carboxylic acids is 5. The third kappa shape index (κ3) is 25.3. The number of imidazole rings is 1. The first kappa shape index (κ1) is 48.3. The molecule has 0 bridgehead atoms. The van der Waals surface area contributed by atoms with Crippen LogP contribution in [0.15, 0.2) is 42.9 Å². The zero-order valence-electron chi connectivity index (χ0n) is 31.1. The number of ether oxygens (including phenoxy) is 1. The molecule has 0 aliphatic heterocycles. The van der Waals surface area contributed by atoms with Crippen LogP contribution in [-0.2, 0) is 48.9 Å². The number of phosphoric acid groups is 1. The van der Waals surface area contributed by atoms with E-state index in [4.69, 9.17) is 14.2 Å². The van der Waals surface area contributed by atoms with E-state index in [2.05, 4.69) is 57.0 Å². The number of nitrogens with zero attached hydrogens (tertiary/aromatic N) is 1. The predicted molar refractivity (Wildman–Crippen MR) is 199 cm³/mol. The molecule has 0 fully saturated rings. The van der Waals surface area contributed by atoms with E-state index in [1.54, 1.807) is 40.2 Å². The summed E-state index contributed by atoms with van der Waals surface area (Å²) in [7, 11) is -2.42. The van der Waals surface area contributed by atoms with Crippen LogP contribution in [0.4, 0.5) is 0 Å². The van der Waals surface area contributed by atoms with E-state index in [9.17, 15) is 28.5 Å². The molecule has 3 unspecified atom stereocenters. The second-order valence-electron chi connectivity index (χ2n) is 12.4. The first-order valence-corrected chi connectivity index (χ1v) is 19.1. The predicted octanol–water partition coefficient (Wildman–Crippen LogP) is 2.25. The molecule has 0 aliphatic carbocycles. The Hall–Kier alpha value is -3.67. The van der Waals surface area contributed by atoms with Gasteiger partial charge in [0.05, 0.1) is 50.2 Å². The summed E-state index contributed by atoms with van der Waals surface area (Å²) in [6, 6.07) is 7.30. The van der Waals surface area contributed by atoms with Gasteiger partial charge in [-0.3, -0.25) is 33.0 Å². The monoisotopic (exact) mass is 819 g/mol. The molecule has 52 heavy (non-hydrogen) atoms. The Labute approximate surface area is 314 Å². The minimum atomic E-state index is -3.86. The number of hydrogen-bond acceptors (Lipinski definition) is 10. The number of H-pyrrole nitrogens is 1. The van der Waals surface area contributed by atoms with Crippen LogP contribution in [-0.4, -0.2) is 101 Å². The molecule has 0 spiro atoms. The minimum absolute atomic E-state index is 0.0516. The summed E-state index contributed by atoms with van der Waals surface area (Å²) >= 11 is 3.03. The molecule has 2 aromatic rings. The van der Waals surface area contributed by atoms with Crippen LogP contribution in [0.3, 0.4) is 0 Å². The number of rotatable bonds is 18. The number of aryl methyl sites for hydroxylation is 1. The van der Waals surface area contributed by atoms with Crippen molar-refractivity contribution < 1.29 is 47.2 Å². The maximum absolute atomic E-state index is 12.5. The van der Waals surface area contributed by atoms with Crippen molar-refractivity contribution in [3.8, 4) is 0 Å². The summed E-state index contributed by atoms with van der Waals surface area (Å²) in [6.45, 7) is 12.3. The number of aromatic amines is 1. The first-order valence-electron chi connectivity index (χ1n) is 16.5. The molecule has 1 aromatic heterocycles. The van der Waals surface area contributed by atoms with Crippen molar-refractivity contribution in [3.05, 3.63) is 54.1 Å². The lowest BCUT2D eigenvalue weighted by atomic mass is 10.0. The van der Waals surface area contributed by atoms with Crippen LogP contribution >= 0.6 is 23.8 Å². The number of carbonyl (C=O) groups is 5. The minimum Gasteiger partial charge on any atom is -0.373 e. The zero-order valence-corrected chi connectivity index (χ0v) is 33.6. The number of phosphoric ester groups is 1. The summed E-state index contributed by atoms with van der Waals surface area (Å²) in [5.41, 5.74) is 1.38. The maximum Gasteiger partial charge on any atom is 0.472 e. The maximum atomic E-state index is 12.5. The molecule has 2 rings (SSSR count). The van der Waals surface area contributed by atoms with Crippen molar-refractivity contribution in [2.75, 3.05) is 38.7 Å². The van der Waals surface area contributed by atoms with Crippen molar-refractivity contribution in [2.45, 2.75) is 79.2 Å². The average molecular weight is 821 g/mol. The Balaban J connectivity index is 0.00000104. The third-order valence-corrected chi connectivity index (χ3v) is 7.65. The molecule has 294 valence electrons. The van der Waals surface area contributed by atoms with Gasteiger partial charge in [0.15, 0.2) is 0 Å². The van der Waals surface area contributed by atoms with Gasteiger partial charge < -0.3 is 41.2 Å². The molecule has 0 saturated heterocycles. The van der Waals surface area contributed by atoms with Crippen LogP contribution in [0.2, 0.25) is 0 Å². The topological polar surface area (TPSA) is 239 Å². The highest BCUT2D eigenvalue weighted by Crippen LogP contribution is 2.43. The molecule has 0 saturated carbocycles. The van der Waals surface area contributed by atoms with Crippen LogP contribution in [0.5, 0.6) is 0 Å². The number of amides is 5. The molecule has 17 nitrogen and oxygen atoms in total. The molecular weight excluding hydrogens is 765 g/mol. The molecule has 3 atom stereocenters. The molecule has 7 N–H and O–H groups in total. The van der Waals surface area contributed by atoms with Crippen molar-refractivity contribution in [2.24, 2.45) is 5.92 Å². The quantitative estimate of drug-likeness (QED) is 0.0851. The van der Waals surface area contributed by atoms with E-state index in [0.29, 0.717) is 6.42 Å². The van der Waals surface area contributed by atoms with Gasteiger partial charge in [0, 0.05) is 18.9 Å². The molecule has 0 aliphatic rings. The molecule has 0 radical (unpaired) electrons. The van der Waals surface area contributed by atoms with Gasteiger partial charge in [0.1, 0.15) is 12.1 Å². The van der Waals surface area contributed by atoms with E-state index in [1.165, 1.54) is 7.05 Å². The first-order chi connectivity index (χ1) is 24.3. The highest BCUT2D eigenvalue weighted by molar-refractivity contribution is 9.09. The fourth-order valence-corrected chi connectivity index (χ4v) is 4.50. The second-order valence-corrected chi connectivity index (χ2v) is 14.4. The molecule has 1 aromatic carbocycles. The largest absolute Gasteiger partial charge is 0.472 e. The van der Waals surface area contributed by atoms with Crippen LogP contribution < -0.4 is 26.6 Å². The number of likely N-dealkylation sites (N-methyl/N-ethyl adjacent to an activating group) is 1. The molecular formula is C33H55BrN7O10P. The number of nitrogens with one attached hydrogen (secondary N) is 6. The fraction of sp³-hybridized carbons (Fsp3) is 0.576. The van der Waals surface area contributed by atoms with Gasteiger partial charge in [0.2, 0.25) is 29.5 Å². The summed E-state index contributed by atoms with van der Waals surface area (Å²) in [4.78, 5) is 76.0. The second kappa shape index (κ2) is 26.1. The normalized spacial score (nSPS) is 13.1. The van der Waals surface area contributed by atoms with Gasteiger partial charge >= 0.3 is 7.82 Å². The fourth-order valence-electron chi connectivity index (χ4n) is 3.62. The van der Waals surface area contributed by atoms with Crippen molar-refractivity contribution in [1.82, 2.24) is 36.6 Å². The molecule has 1 heterocycles. The third-order valence-electron chi connectivity index (χ3n) is 6.10. The SMILES string of the molecule is CCOP(=O)(O)OCc1ccccc1.CNC(=O)CNC(=O)C(COC(C)(C)C)NC(=O)CNC(=O)C(CC(C)C)NC(=O)CBr.Cc1cnc[nH]1. The summed E-state index contributed by atoms with van der Waals surface area (Å²) < 4.78 is 26.0. The van der Waals surface area contributed by atoms with E-state index in [0.717, 1.165) is 11.3 Å². The lowest BCUT2D eigenvalue weighted by Crippen LogP contribution is -2.54. The molecule has 19 heteroatoms. The Morgan fingerprint density at radius 2 is 1.52 bits per heavy atom. The lowest BCUT2D eigenvalue weighted by molar-refractivity contribution is -0.134. The number of benzene rings is 1. The van der Waals surface area contributed by atoms with Gasteiger partial charge in [-0.1, -0.05) is 60.1 Å². The van der Waals surface area contributed by atoms with Gasteiger partial charge in [-0.2, -0.15) is 0 Å². The number of halogens is 1. The van der Waals surface area contributed by atoms with Crippen LogP contribution in [0.1, 0.15) is 59.2 Å². The zero-order chi connectivity index (χ0) is 39.7. The highest BCUT2D eigenvalue weighted by Gasteiger charge is 2.26. The summed E-state index contributed by atoms with van der Waals surface area (Å²) in [5, 5.41) is 12.4. The Morgan fingerprint density at radius 3 is 1.98 bits per heavy atom. The van der Waals surface area contributed by atoms with Gasteiger partial charge in [-0.15, -0.1) is 0 Å². The number of aromatic nitrogens is 2.